The standard InChI is InChI=1S/C19H24N6.C2HF3O2/c1-23-13-17(12-20-23)14-24-9-7-19(8-10-24)25-15-18(21-22-25)11-16-5-3-2-4-6-16;3-2(4,5)1(6)7/h2-6,12-13,15,19H,7-11,14H2,1H3;(H,6,7). The van der Waals surface area contributed by atoms with Gasteiger partial charge in [-0.05, 0) is 18.4 Å². The van der Waals surface area contributed by atoms with E-state index in [9.17, 15) is 13.2 Å². The first-order valence-electron chi connectivity index (χ1n) is 10.2. The predicted octanol–water partition coefficient (Wildman–Crippen LogP) is 3.07. The molecule has 1 N–H and O–H groups in total. The number of carboxylic acid groups (broad SMARTS) is 1. The van der Waals surface area contributed by atoms with Gasteiger partial charge >= 0.3 is 12.1 Å². The number of carbonyl (C=O) groups is 1. The number of aryl methyl sites for hydroxylation is 1. The third-order valence-electron chi connectivity index (χ3n) is 5.12. The lowest BCUT2D eigenvalue weighted by Gasteiger charge is -2.31. The number of hydrogen-bond donors (Lipinski definition) is 1. The number of likely N-dealkylation sites (tertiary alicyclic amines) is 1. The minimum atomic E-state index is -5.08. The number of nitrogens with zero attached hydrogens (tertiary/aromatic N) is 6. The molecule has 0 spiro atoms. The van der Waals surface area contributed by atoms with Crippen molar-refractivity contribution in [3.05, 3.63) is 65.7 Å². The van der Waals surface area contributed by atoms with Crippen molar-refractivity contribution in [2.45, 2.75) is 38.0 Å². The number of halogens is 3. The maximum absolute atomic E-state index is 10.6. The first kappa shape index (κ1) is 23.5. The molecule has 0 atom stereocenters. The van der Waals surface area contributed by atoms with E-state index in [0.717, 1.165) is 44.6 Å². The van der Waals surface area contributed by atoms with Crippen LogP contribution in [0.15, 0.2) is 48.9 Å². The summed E-state index contributed by atoms with van der Waals surface area (Å²) in [5.74, 6) is -2.76. The quantitative estimate of drug-likeness (QED) is 0.643. The molecule has 0 aliphatic carbocycles. The second-order valence-corrected chi connectivity index (χ2v) is 7.68. The van der Waals surface area contributed by atoms with Gasteiger partial charge in [0.1, 0.15) is 0 Å². The van der Waals surface area contributed by atoms with Crippen molar-refractivity contribution in [2.24, 2.45) is 7.05 Å². The molecule has 32 heavy (non-hydrogen) atoms. The highest BCUT2D eigenvalue weighted by Gasteiger charge is 2.38. The molecule has 0 unspecified atom stereocenters. The summed E-state index contributed by atoms with van der Waals surface area (Å²) in [6.45, 7) is 3.16. The van der Waals surface area contributed by atoms with Crippen molar-refractivity contribution in [1.29, 1.82) is 0 Å². The van der Waals surface area contributed by atoms with E-state index in [1.807, 2.05) is 24.0 Å². The number of benzene rings is 1. The van der Waals surface area contributed by atoms with Crippen LogP contribution in [0.25, 0.3) is 0 Å². The van der Waals surface area contributed by atoms with Gasteiger partial charge in [0.15, 0.2) is 0 Å². The van der Waals surface area contributed by atoms with Gasteiger partial charge in [-0.2, -0.15) is 18.3 Å². The molecule has 1 saturated heterocycles. The van der Waals surface area contributed by atoms with E-state index in [4.69, 9.17) is 9.90 Å². The van der Waals surface area contributed by atoms with Crippen LogP contribution in [0, 0.1) is 0 Å². The molecule has 0 bridgehead atoms. The predicted molar refractivity (Wildman–Crippen MR) is 110 cm³/mol. The van der Waals surface area contributed by atoms with Crippen molar-refractivity contribution in [2.75, 3.05) is 13.1 Å². The summed E-state index contributed by atoms with van der Waals surface area (Å²) in [5, 5.41) is 20.1. The zero-order valence-corrected chi connectivity index (χ0v) is 17.6. The summed E-state index contributed by atoms with van der Waals surface area (Å²) in [5.41, 5.74) is 3.61. The second-order valence-electron chi connectivity index (χ2n) is 7.68. The van der Waals surface area contributed by atoms with Crippen LogP contribution in [0.5, 0.6) is 0 Å². The maximum Gasteiger partial charge on any atom is 0.490 e. The largest absolute Gasteiger partial charge is 0.490 e. The van der Waals surface area contributed by atoms with Crippen molar-refractivity contribution in [1.82, 2.24) is 29.7 Å². The monoisotopic (exact) mass is 450 g/mol. The third-order valence-corrected chi connectivity index (χ3v) is 5.12. The molecule has 1 fully saturated rings. The van der Waals surface area contributed by atoms with Crippen LogP contribution in [-0.2, 0) is 24.8 Å². The van der Waals surface area contributed by atoms with Crippen LogP contribution in [0.2, 0.25) is 0 Å². The Kier molecular flexibility index (Phi) is 7.62. The molecule has 3 heterocycles. The lowest BCUT2D eigenvalue weighted by atomic mass is 10.0. The zero-order valence-electron chi connectivity index (χ0n) is 17.6. The van der Waals surface area contributed by atoms with Crippen LogP contribution in [0.4, 0.5) is 13.2 Å². The summed E-state index contributed by atoms with van der Waals surface area (Å²) in [6.07, 6.45) is 4.18. The van der Waals surface area contributed by atoms with E-state index in [2.05, 4.69) is 61.7 Å². The number of hydrogen-bond acceptors (Lipinski definition) is 5. The topological polar surface area (TPSA) is 89.1 Å². The van der Waals surface area contributed by atoms with Gasteiger partial charge in [0.05, 0.1) is 17.9 Å². The molecule has 1 aliphatic heterocycles. The second kappa shape index (κ2) is 10.4. The van der Waals surface area contributed by atoms with E-state index in [-0.39, 0.29) is 0 Å². The van der Waals surface area contributed by atoms with Gasteiger partial charge in [-0.1, -0.05) is 35.5 Å². The molecule has 172 valence electrons. The molecular weight excluding hydrogens is 425 g/mol. The number of carboxylic acids is 1. The highest BCUT2D eigenvalue weighted by Crippen LogP contribution is 2.23. The molecular formula is C21H25F3N6O2. The average molecular weight is 450 g/mol. The van der Waals surface area contributed by atoms with E-state index >= 15 is 0 Å². The molecule has 0 radical (unpaired) electrons. The maximum atomic E-state index is 10.6. The Morgan fingerprint density at radius 2 is 1.78 bits per heavy atom. The fraction of sp³-hybridized carbons (Fsp3) is 0.429. The van der Waals surface area contributed by atoms with Gasteiger partial charge in [-0.3, -0.25) is 9.58 Å². The van der Waals surface area contributed by atoms with Crippen LogP contribution in [0.1, 0.15) is 35.7 Å². The van der Waals surface area contributed by atoms with Crippen molar-refractivity contribution >= 4 is 5.97 Å². The molecule has 8 nitrogen and oxygen atoms in total. The lowest BCUT2D eigenvalue weighted by molar-refractivity contribution is -0.192. The van der Waals surface area contributed by atoms with Crippen molar-refractivity contribution in [3.8, 4) is 0 Å². The summed E-state index contributed by atoms with van der Waals surface area (Å²) in [7, 11) is 1.97. The number of piperidine rings is 1. The van der Waals surface area contributed by atoms with Crippen LogP contribution in [-0.4, -0.2) is 60.0 Å². The third kappa shape index (κ3) is 6.91. The first-order valence-corrected chi connectivity index (χ1v) is 10.2. The van der Waals surface area contributed by atoms with Crippen LogP contribution < -0.4 is 0 Å². The Labute approximate surface area is 183 Å². The van der Waals surface area contributed by atoms with Crippen LogP contribution in [0.3, 0.4) is 0 Å². The molecule has 3 aromatic rings. The molecule has 1 aliphatic rings. The van der Waals surface area contributed by atoms with Gasteiger partial charge in [0.2, 0.25) is 0 Å². The average Bonchev–Trinajstić information content (AvgIpc) is 3.38. The van der Waals surface area contributed by atoms with E-state index in [0.29, 0.717) is 6.04 Å². The van der Waals surface area contributed by atoms with E-state index in [1.54, 1.807) is 0 Å². The summed E-state index contributed by atoms with van der Waals surface area (Å²) < 4.78 is 35.7. The minimum Gasteiger partial charge on any atom is -0.475 e. The van der Waals surface area contributed by atoms with Crippen molar-refractivity contribution < 1.29 is 23.1 Å². The number of alkyl halides is 3. The smallest absolute Gasteiger partial charge is 0.475 e. The highest BCUT2D eigenvalue weighted by atomic mass is 19.4. The number of aliphatic carboxylic acids is 1. The normalized spacial score (nSPS) is 15.2. The molecule has 4 rings (SSSR count). The Morgan fingerprint density at radius 3 is 2.34 bits per heavy atom. The Balaban J connectivity index is 0.000000360. The molecule has 2 aromatic heterocycles. The summed E-state index contributed by atoms with van der Waals surface area (Å²) >= 11 is 0. The summed E-state index contributed by atoms with van der Waals surface area (Å²) in [6, 6.07) is 10.9. The lowest BCUT2D eigenvalue weighted by Crippen LogP contribution is -2.34. The zero-order chi connectivity index (χ0) is 23.1. The number of rotatable bonds is 5. The van der Waals surface area contributed by atoms with Gasteiger partial charge in [0.25, 0.3) is 0 Å². The molecule has 1 aromatic carbocycles. The first-order chi connectivity index (χ1) is 15.2. The van der Waals surface area contributed by atoms with Gasteiger partial charge in [-0.15, -0.1) is 5.10 Å². The molecule has 0 amide bonds. The fourth-order valence-corrected chi connectivity index (χ4v) is 3.53. The number of aromatic nitrogens is 5. The van der Waals surface area contributed by atoms with E-state index in [1.165, 1.54) is 11.1 Å². The highest BCUT2D eigenvalue weighted by molar-refractivity contribution is 5.73. The minimum absolute atomic E-state index is 0.460. The fourth-order valence-electron chi connectivity index (χ4n) is 3.53. The van der Waals surface area contributed by atoms with Crippen molar-refractivity contribution in [3.63, 3.8) is 0 Å². The Bertz CT molecular complexity index is 994. The van der Waals surface area contributed by atoms with Gasteiger partial charge < -0.3 is 5.11 Å². The Hall–Kier alpha value is -3.21. The molecule has 11 heteroatoms. The summed E-state index contributed by atoms with van der Waals surface area (Å²) in [4.78, 5) is 11.4. The van der Waals surface area contributed by atoms with E-state index < -0.39 is 12.1 Å². The molecule has 0 saturated carbocycles. The Morgan fingerprint density at radius 1 is 1.12 bits per heavy atom. The van der Waals surface area contributed by atoms with Gasteiger partial charge in [-0.25, -0.2) is 9.48 Å². The van der Waals surface area contributed by atoms with Gasteiger partial charge in [0, 0.05) is 51.1 Å². The SMILES string of the molecule is Cn1cc(CN2CCC(n3cc(Cc4ccccc4)nn3)CC2)cn1.O=C(O)C(F)(F)F. The van der Waals surface area contributed by atoms with Crippen LogP contribution >= 0.6 is 0 Å².